The highest BCUT2D eigenvalue weighted by Crippen LogP contribution is 2.23. The molecule has 1 aliphatic heterocycles. The van der Waals surface area contributed by atoms with E-state index in [-0.39, 0.29) is 11.8 Å². The lowest BCUT2D eigenvalue weighted by Crippen LogP contribution is -2.44. The molecule has 0 spiro atoms. The number of amides is 1. The molecule has 0 radical (unpaired) electrons. The van der Waals surface area contributed by atoms with Gasteiger partial charge in [0.2, 0.25) is 11.9 Å². The van der Waals surface area contributed by atoms with Gasteiger partial charge in [0.15, 0.2) is 0 Å². The van der Waals surface area contributed by atoms with Crippen molar-refractivity contribution in [2.24, 2.45) is 11.8 Å². The third-order valence-corrected chi connectivity index (χ3v) is 4.78. The molecule has 0 bridgehead atoms. The fraction of sp³-hybridized carbons (Fsp3) is 0.476. The van der Waals surface area contributed by atoms with Gasteiger partial charge in [-0.1, -0.05) is 43.7 Å². The summed E-state index contributed by atoms with van der Waals surface area (Å²) in [5, 5.41) is 3.05. The molecule has 1 amide bonds. The van der Waals surface area contributed by atoms with Crippen molar-refractivity contribution in [2.45, 2.75) is 33.6 Å². The quantitative estimate of drug-likeness (QED) is 0.895. The average Bonchev–Trinajstić information content (AvgIpc) is 2.67. The molecule has 0 aliphatic carbocycles. The van der Waals surface area contributed by atoms with E-state index in [1.165, 1.54) is 5.56 Å². The Kier molecular flexibility index (Phi) is 5.86. The number of nitrogens with zero attached hydrogens (tertiary/aromatic N) is 3. The molecule has 1 aromatic heterocycles. The minimum Gasteiger partial charge on any atom is -0.356 e. The molecular formula is C21H28N4O. The maximum Gasteiger partial charge on any atom is 0.225 e. The second-order valence-electron chi connectivity index (χ2n) is 7.56. The van der Waals surface area contributed by atoms with Crippen molar-refractivity contribution in [3.8, 4) is 11.1 Å². The van der Waals surface area contributed by atoms with Gasteiger partial charge in [0.25, 0.3) is 0 Å². The predicted molar refractivity (Wildman–Crippen MR) is 105 cm³/mol. The van der Waals surface area contributed by atoms with Crippen LogP contribution in [0, 0.1) is 18.8 Å². The molecule has 0 unspecified atom stereocenters. The van der Waals surface area contributed by atoms with Gasteiger partial charge >= 0.3 is 0 Å². The topological polar surface area (TPSA) is 58.1 Å². The van der Waals surface area contributed by atoms with E-state index in [1.807, 2.05) is 12.4 Å². The smallest absolute Gasteiger partial charge is 0.225 e. The van der Waals surface area contributed by atoms with Crippen LogP contribution in [0.25, 0.3) is 11.1 Å². The minimum atomic E-state index is 0.0166. The Morgan fingerprint density at radius 2 is 1.88 bits per heavy atom. The van der Waals surface area contributed by atoms with E-state index in [0.29, 0.717) is 18.4 Å². The van der Waals surface area contributed by atoms with E-state index in [9.17, 15) is 4.79 Å². The van der Waals surface area contributed by atoms with Crippen molar-refractivity contribution in [3.05, 3.63) is 42.2 Å². The molecule has 1 aromatic carbocycles. The zero-order valence-electron chi connectivity index (χ0n) is 15.9. The lowest BCUT2D eigenvalue weighted by Gasteiger charge is -2.32. The molecule has 26 heavy (non-hydrogen) atoms. The second-order valence-corrected chi connectivity index (χ2v) is 7.56. The molecule has 2 aromatic rings. The number of anilines is 1. The maximum atomic E-state index is 12.4. The second kappa shape index (κ2) is 8.30. The molecular weight excluding hydrogens is 324 g/mol. The van der Waals surface area contributed by atoms with Gasteiger partial charge in [-0.15, -0.1) is 0 Å². The average molecular weight is 352 g/mol. The largest absolute Gasteiger partial charge is 0.356 e. The van der Waals surface area contributed by atoms with Crippen LogP contribution in [0.2, 0.25) is 0 Å². The molecule has 1 N–H and O–H groups in total. The van der Waals surface area contributed by atoms with Gasteiger partial charge in [-0.2, -0.15) is 0 Å². The third-order valence-electron chi connectivity index (χ3n) is 4.78. The summed E-state index contributed by atoms with van der Waals surface area (Å²) in [4.78, 5) is 23.6. The summed E-state index contributed by atoms with van der Waals surface area (Å²) < 4.78 is 0. The Morgan fingerprint density at radius 1 is 1.19 bits per heavy atom. The van der Waals surface area contributed by atoms with E-state index in [0.717, 1.165) is 37.1 Å². The highest BCUT2D eigenvalue weighted by atomic mass is 16.1. The van der Waals surface area contributed by atoms with Crippen molar-refractivity contribution in [2.75, 3.05) is 24.5 Å². The fourth-order valence-electron chi connectivity index (χ4n) is 3.20. The van der Waals surface area contributed by atoms with E-state index in [2.05, 4.69) is 65.2 Å². The predicted octanol–water partition coefficient (Wildman–Crippen LogP) is 3.44. The number of nitrogens with one attached hydrogen (secondary N) is 1. The van der Waals surface area contributed by atoms with Crippen LogP contribution in [-0.4, -0.2) is 35.5 Å². The fourth-order valence-corrected chi connectivity index (χ4v) is 3.20. The van der Waals surface area contributed by atoms with Gasteiger partial charge in [0.05, 0.1) is 5.92 Å². The summed E-state index contributed by atoms with van der Waals surface area (Å²) in [6, 6.07) is 8.36. The SMILES string of the molecule is Cc1ccc(-c2cnc(N3CCC[C@H](C(=O)NCC(C)C)C3)nc2)cc1. The summed E-state index contributed by atoms with van der Waals surface area (Å²) in [5.41, 5.74) is 3.37. The van der Waals surface area contributed by atoms with Crippen LogP contribution in [0.1, 0.15) is 32.3 Å². The summed E-state index contributed by atoms with van der Waals surface area (Å²) >= 11 is 0. The van der Waals surface area contributed by atoms with Crippen LogP contribution in [0.5, 0.6) is 0 Å². The highest BCUT2D eigenvalue weighted by molar-refractivity contribution is 5.79. The number of hydrogen-bond acceptors (Lipinski definition) is 4. The molecule has 5 heteroatoms. The van der Waals surface area contributed by atoms with Crippen LogP contribution in [-0.2, 0) is 4.79 Å². The molecule has 0 saturated carbocycles. The molecule has 1 atom stereocenters. The summed E-state index contributed by atoms with van der Waals surface area (Å²) in [6.45, 7) is 8.62. The van der Waals surface area contributed by atoms with Crippen molar-refractivity contribution in [3.63, 3.8) is 0 Å². The monoisotopic (exact) mass is 352 g/mol. The lowest BCUT2D eigenvalue weighted by atomic mass is 9.97. The number of hydrogen-bond donors (Lipinski definition) is 1. The Morgan fingerprint density at radius 3 is 2.54 bits per heavy atom. The van der Waals surface area contributed by atoms with Crippen LogP contribution < -0.4 is 10.2 Å². The van der Waals surface area contributed by atoms with Gasteiger partial charge in [0, 0.05) is 37.6 Å². The van der Waals surface area contributed by atoms with Crippen molar-refractivity contribution in [1.29, 1.82) is 0 Å². The van der Waals surface area contributed by atoms with Gasteiger partial charge in [0.1, 0.15) is 0 Å². The standard InChI is InChI=1S/C21H28N4O/c1-15(2)11-22-20(26)18-5-4-10-25(14-18)21-23-12-19(13-24-21)17-8-6-16(3)7-9-17/h6-9,12-13,15,18H,4-5,10-11,14H2,1-3H3,(H,22,26)/t18-/m0/s1. The van der Waals surface area contributed by atoms with Crippen LogP contribution in [0.3, 0.4) is 0 Å². The summed E-state index contributed by atoms with van der Waals surface area (Å²) in [5.74, 6) is 1.35. The lowest BCUT2D eigenvalue weighted by molar-refractivity contribution is -0.125. The van der Waals surface area contributed by atoms with E-state index < -0.39 is 0 Å². The van der Waals surface area contributed by atoms with Crippen LogP contribution >= 0.6 is 0 Å². The Balaban J connectivity index is 1.65. The van der Waals surface area contributed by atoms with Gasteiger partial charge in [-0.3, -0.25) is 4.79 Å². The number of rotatable bonds is 5. The number of benzene rings is 1. The summed E-state index contributed by atoms with van der Waals surface area (Å²) in [7, 11) is 0. The van der Waals surface area contributed by atoms with Gasteiger partial charge < -0.3 is 10.2 Å². The number of aromatic nitrogens is 2. The normalized spacial score (nSPS) is 17.4. The zero-order valence-corrected chi connectivity index (χ0v) is 15.9. The first kappa shape index (κ1) is 18.4. The Hall–Kier alpha value is -2.43. The van der Waals surface area contributed by atoms with Crippen molar-refractivity contribution < 1.29 is 4.79 Å². The molecule has 1 fully saturated rings. The van der Waals surface area contributed by atoms with E-state index in [1.54, 1.807) is 0 Å². The molecule has 5 nitrogen and oxygen atoms in total. The molecule has 2 heterocycles. The number of carbonyl (C=O) groups excluding carboxylic acids is 1. The van der Waals surface area contributed by atoms with Gasteiger partial charge in [-0.05, 0) is 31.2 Å². The summed E-state index contributed by atoms with van der Waals surface area (Å²) in [6.07, 6.45) is 5.66. The molecule has 3 rings (SSSR count). The zero-order chi connectivity index (χ0) is 18.5. The Bertz CT molecular complexity index is 725. The number of carbonyl (C=O) groups is 1. The molecule has 138 valence electrons. The van der Waals surface area contributed by atoms with Crippen LogP contribution in [0.4, 0.5) is 5.95 Å². The highest BCUT2D eigenvalue weighted by Gasteiger charge is 2.27. The Labute approximate surface area is 155 Å². The van der Waals surface area contributed by atoms with Crippen molar-refractivity contribution in [1.82, 2.24) is 15.3 Å². The number of piperidine rings is 1. The first-order valence-electron chi connectivity index (χ1n) is 9.44. The molecule has 1 aliphatic rings. The first-order valence-corrected chi connectivity index (χ1v) is 9.44. The first-order chi connectivity index (χ1) is 12.5. The van der Waals surface area contributed by atoms with Gasteiger partial charge in [-0.25, -0.2) is 9.97 Å². The third kappa shape index (κ3) is 4.59. The minimum absolute atomic E-state index is 0.0166. The van der Waals surface area contributed by atoms with E-state index in [4.69, 9.17) is 0 Å². The van der Waals surface area contributed by atoms with Crippen LogP contribution in [0.15, 0.2) is 36.7 Å². The molecule has 1 saturated heterocycles. The van der Waals surface area contributed by atoms with Crippen molar-refractivity contribution >= 4 is 11.9 Å². The number of aryl methyl sites for hydroxylation is 1. The van der Waals surface area contributed by atoms with E-state index >= 15 is 0 Å². The maximum absolute atomic E-state index is 12.4.